The topological polar surface area (TPSA) is 61.7 Å². The van der Waals surface area contributed by atoms with Gasteiger partial charge in [0.1, 0.15) is 11.2 Å². The van der Waals surface area contributed by atoms with Crippen molar-refractivity contribution in [3.05, 3.63) is 224 Å². The number of aromatic nitrogens is 5. The molecule has 0 radical (unpaired) electrons. The third-order valence-electron chi connectivity index (χ3n) is 13.4. The van der Waals surface area contributed by atoms with E-state index in [2.05, 4.69) is 203 Å². The molecule has 0 amide bonds. The van der Waals surface area contributed by atoms with Gasteiger partial charge in [-0.15, -0.1) is 0 Å². The molecule has 4 aromatic heterocycles. The van der Waals surface area contributed by atoms with Gasteiger partial charge in [0.2, 0.25) is 5.95 Å². The van der Waals surface area contributed by atoms with Crippen molar-refractivity contribution in [1.82, 2.24) is 24.1 Å². The minimum atomic E-state index is 0.541. The van der Waals surface area contributed by atoms with Gasteiger partial charge in [-0.05, 0) is 57.8 Å². The Labute approximate surface area is 384 Å². The fourth-order valence-corrected chi connectivity index (χ4v) is 10.3. The minimum absolute atomic E-state index is 0.541. The maximum Gasteiger partial charge on any atom is 0.238 e. The van der Waals surface area contributed by atoms with Crippen LogP contribution in [-0.4, -0.2) is 24.1 Å². The molecule has 0 saturated heterocycles. The second-order valence-electron chi connectivity index (χ2n) is 17.1. The SMILES string of the molecule is c1ccc(-c2ccc(-c3nc(-c4ccccc4)nc(-n4c5ccccc5c5ccc6c7ccccc7n(-c7cc(-c8cccc9ccccc89)c8oc9ccccc9c8c7)c6c54)n3)cc2)cc1. The lowest BCUT2D eigenvalue weighted by Gasteiger charge is -2.15. The predicted molar refractivity (Wildman–Crippen MR) is 275 cm³/mol. The molecular formula is C61H37N5O. The summed E-state index contributed by atoms with van der Waals surface area (Å²) in [6.45, 7) is 0. The molecule has 0 N–H and O–H groups in total. The highest BCUT2D eigenvalue weighted by Gasteiger charge is 2.25. The van der Waals surface area contributed by atoms with Crippen LogP contribution in [0.3, 0.4) is 0 Å². The molecule has 14 aromatic rings. The summed E-state index contributed by atoms with van der Waals surface area (Å²) in [6, 6.07) is 79.2. The number of furan rings is 1. The van der Waals surface area contributed by atoms with Gasteiger partial charge >= 0.3 is 0 Å². The number of hydrogen-bond donors (Lipinski definition) is 0. The van der Waals surface area contributed by atoms with Crippen LogP contribution in [0.1, 0.15) is 0 Å². The molecule has 14 rings (SSSR count). The zero-order valence-electron chi connectivity index (χ0n) is 36.0. The number of hydrogen-bond acceptors (Lipinski definition) is 4. The van der Waals surface area contributed by atoms with Gasteiger partial charge in [0.05, 0.1) is 22.1 Å². The summed E-state index contributed by atoms with van der Waals surface area (Å²) in [6.07, 6.45) is 0. The number of fused-ring (bicyclic) bond motifs is 11. The van der Waals surface area contributed by atoms with Crippen LogP contribution >= 0.6 is 0 Å². The molecule has 4 heterocycles. The van der Waals surface area contributed by atoms with E-state index in [-0.39, 0.29) is 0 Å². The molecular weight excluding hydrogens is 819 g/mol. The van der Waals surface area contributed by atoms with E-state index in [9.17, 15) is 0 Å². The van der Waals surface area contributed by atoms with E-state index in [1.165, 1.54) is 10.8 Å². The summed E-state index contributed by atoms with van der Waals surface area (Å²) in [7, 11) is 0. The van der Waals surface area contributed by atoms with Crippen molar-refractivity contribution in [2.24, 2.45) is 0 Å². The van der Waals surface area contributed by atoms with Crippen LogP contribution < -0.4 is 0 Å². The fourth-order valence-electron chi connectivity index (χ4n) is 10.3. The zero-order chi connectivity index (χ0) is 44.0. The van der Waals surface area contributed by atoms with Gasteiger partial charge in [-0.25, -0.2) is 4.98 Å². The van der Waals surface area contributed by atoms with Crippen LogP contribution in [0.5, 0.6) is 0 Å². The quantitative estimate of drug-likeness (QED) is 0.167. The first-order chi connectivity index (χ1) is 33.2. The second-order valence-corrected chi connectivity index (χ2v) is 17.1. The van der Waals surface area contributed by atoms with Gasteiger partial charge in [-0.1, -0.05) is 194 Å². The third-order valence-corrected chi connectivity index (χ3v) is 13.4. The Morgan fingerprint density at radius 2 is 0.851 bits per heavy atom. The first-order valence-electron chi connectivity index (χ1n) is 22.6. The number of nitrogens with zero attached hydrogens (tertiary/aromatic N) is 5. The standard InChI is InChI=1S/C61H37N5O/c1-3-16-38(17-4-1)39-30-32-42(33-31-39)60-62-59(41-19-5-2-6-20-41)63-61(64-60)66-54-28-13-10-24-47(54)50-35-34-49-46-23-9-12-27-53(46)65(56(49)57(50)66)43-36-51(45-26-15-21-40-18-7-8-22-44(40)45)58-52(37-43)48-25-11-14-29-55(48)67-58/h1-37H. The third kappa shape index (κ3) is 5.80. The summed E-state index contributed by atoms with van der Waals surface area (Å²) < 4.78 is 11.5. The lowest BCUT2D eigenvalue weighted by molar-refractivity contribution is 0.670. The first-order valence-corrected chi connectivity index (χ1v) is 22.6. The number of para-hydroxylation sites is 3. The average Bonchev–Trinajstić information content (AvgIpc) is 4.07. The highest BCUT2D eigenvalue weighted by atomic mass is 16.3. The van der Waals surface area contributed by atoms with Crippen LogP contribution in [0.4, 0.5) is 0 Å². The lowest BCUT2D eigenvalue weighted by atomic mass is 9.96. The number of rotatable bonds is 6. The van der Waals surface area contributed by atoms with Gasteiger partial charge in [0.25, 0.3) is 0 Å². The normalized spacial score (nSPS) is 11.9. The van der Waals surface area contributed by atoms with Gasteiger partial charge in [0.15, 0.2) is 11.6 Å². The van der Waals surface area contributed by atoms with Crippen LogP contribution in [0.25, 0.3) is 133 Å². The monoisotopic (exact) mass is 855 g/mol. The summed E-state index contributed by atoms with van der Waals surface area (Å²) in [4.78, 5) is 15.9. The first kappa shape index (κ1) is 37.3. The van der Waals surface area contributed by atoms with Gasteiger partial charge in [0, 0.05) is 54.7 Å². The summed E-state index contributed by atoms with van der Waals surface area (Å²) in [5.74, 6) is 1.74. The molecule has 0 spiro atoms. The fraction of sp³-hybridized carbons (Fsp3) is 0. The molecule has 312 valence electrons. The molecule has 0 aliphatic rings. The number of benzene rings is 10. The molecule has 0 atom stereocenters. The molecule has 6 nitrogen and oxygen atoms in total. The van der Waals surface area contributed by atoms with Crippen LogP contribution in [0.2, 0.25) is 0 Å². The van der Waals surface area contributed by atoms with Crippen molar-refractivity contribution in [3.8, 4) is 56.7 Å². The highest BCUT2D eigenvalue weighted by Crippen LogP contribution is 2.45. The van der Waals surface area contributed by atoms with Crippen LogP contribution in [0, 0.1) is 0 Å². The van der Waals surface area contributed by atoms with Crippen molar-refractivity contribution in [2.75, 3.05) is 0 Å². The Balaban J connectivity index is 1.10. The Hall–Kier alpha value is -9.13. The molecule has 0 fully saturated rings. The van der Waals surface area contributed by atoms with E-state index in [1.807, 2.05) is 30.3 Å². The predicted octanol–water partition coefficient (Wildman–Crippen LogP) is 15.8. The summed E-state index contributed by atoms with van der Waals surface area (Å²) >= 11 is 0. The van der Waals surface area contributed by atoms with Crippen LogP contribution in [0.15, 0.2) is 229 Å². The van der Waals surface area contributed by atoms with Gasteiger partial charge in [-0.3, -0.25) is 4.57 Å². The molecule has 0 saturated carbocycles. The van der Waals surface area contributed by atoms with E-state index in [0.29, 0.717) is 17.6 Å². The van der Waals surface area contributed by atoms with Crippen molar-refractivity contribution < 1.29 is 4.42 Å². The Morgan fingerprint density at radius 1 is 0.328 bits per heavy atom. The highest BCUT2D eigenvalue weighted by molar-refractivity contribution is 6.24. The Morgan fingerprint density at radius 3 is 1.57 bits per heavy atom. The van der Waals surface area contributed by atoms with E-state index in [1.54, 1.807) is 0 Å². The summed E-state index contributed by atoms with van der Waals surface area (Å²) in [5.41, 5.74) is 13.2. The Bertz CT molecular complexity index is 4250. The van der Waals surface area contributed by atoms with E-state index in [4.69, 9.17) is 19.4 Å². The maximum atomic E-state index is 6.81. The van der Waals surface area contributed by atoms with Crippen LogP contribution in [-0.2, 0) is 0 Å². The maximum absolute atomic E-state index is 6.81. The summed E-state index contributed by atoms with van der Waals surface area (Å²) in [5, 5.41) is 8.97. The molecule has 0 bridgehead atoms. The van der Waals surface area contributed by atoms with Gasteiger partial charge < -0.3 is 8.98 Å². The average molecular weight is 856 g/mol. The molecule has 6 heteroatoms. The largest absolute Gasteiger partial charge is 0.455 e. The molecule has 0 aliphatic heterocycles. The molecule has 67 heavy (non-hydrogen) atoms. The van der Waals surface area contributed by atoms with E-state index < -0.39 is 0 Å². The van der Waals surface area contributed by atoms with Crippen molar-refractivity contribution in [2.45, 2.75) is 0 Å². The molecule has 0 aliphatic carbocycles. The van der Waals surface area contributed by atoms with Crippen molar-refractivity contribution in [3.63, 3.8) is 0 Å². The smallest absolute Gasteiger partial charge is 0.238 e. The molecule has 0 unspecified atom stereocenters. The zero-order valence-corrected chi connectivity index (χ0v) is 36.0. The van der Waals surface area contributed by atoms with Crippen molar-refractivity contribution in [1.29, 1.82) is 0 Å². The van der Waals surface area contributed by atoms with E-state index >= 15 is 0 Å². The second kappa shape index (κ2) is 14.7. The van der Waals surface area contributed by atoms with Gasteiger partial charge in [-0.2, -0.15) is 9.97 Å². The lowest BCUT2D eigenvalue weighted by Crippen LogP contribution is -2.07. The minimum Gasteiger partial charge on any atom is -0.455 e. The Kier molecular flexibility index (Phi) is 8.18. The molecule has 10 aromatic carbocycles. The van der Waals surface area contributed by atoms with Crippen molar-refractivity contribution >= 4 is 76.3 Å². The van der Waals surface area contributed by atoms with E-state index in [0.717, 1.165) is 105 Å².